The zero-order valence-electron chi connectivity index (χ0n) is 13.5. The Balaban J connectivity index is 1.77. The number of rotatable bonds is 2. The number of H-pyrrole nitrogens is 1. The summed E-state index contributed by atoms with van der Waals surface area (Å²) in [4.78, 5) is 0. The van der Waals surface area contributed by atoms with E-state index in [0.29, 0.717) is 0 Å². The molecule has 0 bridgehead atoms. The lowest BCUT2D eigenvalue weighted by Gasteiger charge is -2.27. The van der Waals surface area contributed by atoms with Crippen LogP contribution >= 0.6 is 0 Å². The van der Waals surface area contributed by atoms with Crippen LogP contribution in [0.2, 0.25) is 0 Å². The minimum atomic E-state index is -0.181. The summed E-state index contributed by atoms with van der Waals surface area (Å²) in [5.41, 5.74) is 6.34. The maximum Gasteiger partial charge on any atom is 0.153 e. The van der Waals surface area contributed by atoms with Gasteiger partial charge in [-0.15, -0.1) is 0 Å². The molecule has 0 fully saturated rings. The zero-order valence-corrected chi connectivity index (χ0v) is 13.5. The van der Waals surface area contributed by atoms with Crippen LogP contribution in [0.1, 0.15) is 17.2 Å². The first-order valence-electron chi connectivity index (χ1n) is 8.36. The van der Waals surface area contributed by atoms with E-state index in [4.69, 9.17) is 4.74 Å². The molecule has 0 saturated heterocycles. The zero-order chi connectivity index (χ0) is 16.6. The van der Waals surface area contributed by atoms with Crippen molar-refractivity contribution in [2.24, 2.45) is 0 Å². The van der Waals surface area contributed by atoms with Crippen molar-refractivity contribution in [2.45, 2.75) is 6.10 Å². The van der Waals surface area contributed by atoms with Gasteiger partial charge in [-0.3, -0.25) is 5.10 Å². The Morgan fingerprint density at radius 3 is 2.24 bits per heavy atom. The van der Waals surface area contributed by atoms with Crippen molar-refractivity contribution in [1.29, 1.82) is 0 Å². The molecule has 1 N–H and O–H groups in total. The van der Waals surface area contributed by atoms with Gasteiger partial charge in [0.25, 0.3) is 0 Å². The molecule has 1 atom stereocenters. The molecule has 3 heteroatoms. The van der Waals surface area contributed by atoms with E-state index >= 15 is 0 Å². The van der Waals surface area contributed by atoms with Gasteiger partial charge >= 0.3 is 0 Å². The lowest BCUT2D eigenvalue weighted by Crippen LogP contribution is -2.15. The maximum absolute atomic E-state index is 6.40. The van der Waals surface area contributed by atoms with Crippen molar-refractivity contribution < 1.29 is 4.74 Å². The molecule has 120 valence electrons. The molecule has 25 heavy (non-hydrogen) atoms. The predicted molar refractivity (Wildman–Crippen MR) is 98.4 cm³/mol. The second-order valence-electron chi connectivity index (χ2n) is 6.13. The van der Waals surface area contributed by atoms with E-state index in [9.17, 15) is 0 Å². The average Bonchev–Trinajstić information content (AvgIpc) is 3.14. The number of nitrogens with one attached hydrogen (secondary N) is 1. The number of hydrogen-bond acceptors (Lipinski definition) is 2. The van der Waals surface area contributed by atoms with Crippen molar-refractivity contribution >= 4 is 0 Å². The van der Waals surface area contributed by atoms with Crippen LogP contribution < -0.4 is 4.74 Å². The van der Waals surface area contributed by atoms with Gasteiger partial charge in [0.1, 0.15) is 5.75 Å². The summed E-state index contributed by atoms with van der Waals surface area (Å²) in [6.07, 6.45) is -0.181. The molecule has 0 amide bonds. The summed E-state index contributed by atoms with van der Waals surface area (Å²) < 4.78 is 6.40. The average molecular weight is 324 g/mol. The van der Waals surface area contributed by atoms with Gasteiger partial charge in [0.05, 0.1) is 17.0 Å². The molecule has 1 aromatic heterocycles. The van der Waals surface area contributed by atoms with E-state index in [2.05, 4.69) is 40.5 Å². The third-order valence-electron chi connectivity index (χ3n) is 4.62. The third kappa shape index (κ3) is 2.24. The minimum absolute atomic E-state index is 0.181. The van der Waals surface area contributed by atoms with Gasteiger partial charge in [-0.1, -0.05) is 72.8 Å². The van der Waals surface area contributed by atoms with Gasteiger partial charge in [0, 0.05) is 11.1 Å². The van der Waals surface area contributed by atoms with Crippen molar-refractivity contribution in [2.75, 3.05) is 0 Å². The van der Waals surface area contributed by atoms with Gasteiger partial charge in [-0.05, 0) is 17.7 Å². The normalized spacial score (nSPS) is 15.1. The largest absolute Gasteiger partial charge is 0.480 e. The van der Waals surface area contributed by atoms with E-state index in [1.54, 1.807) is 0 Å². The molecule has 4 aromatic rings. The fourth-order valence-corrected chi connectivity index (χ4v) is 3.45. The highest BCUT2D eigenvalue weighted by Crippen LogP contribution is 2.46. The number of benzene rings is 3. The van der Waals surface area contributed by atoms with Crippen LogP contribution in [0.15, 0.2) is 84.9 Å². The number of aromatic amines is 1. The quantitative estimate of drug-likeness (QED) is 0.548. The summed E-state index contributed by atoms with van der Waals surface area (Å²) in [6, 6.07) is 28.7. The molecule has 2 heterocycles. The van der Waals surface area contributed by atoms with Gasteiger partial charge in [-0.2, -0.15) is 5.10 Å². The first-order valence-corrected chi connectivity index (χ1v) is 8.36. The van der Waals surface area contributed by atoms with Crippen molar-refractivity contribution in [3.8, 4) is 28.3 Å². The lowest BCUT2D eigenvalue weighted by atomic mass is 9.91. The highest BCUT2D eigenvalue weighted by Gasteiger charge is 2.32. The minimum Gasteiger partial charge on any atom is -0.480 e. The molecule has 1 aliphatic heterocycles. The number of hydrogen-bond donors (Lipinski definition) is 1. The standard InChI is InChI=1S/C22H16N2O/c1-3-9-15(10-4-1)20-19-21(24-23-20)17-13-7-8-14-18(17)25-22(19)16-11-5-2-6-12-16/h1-14,22H,(H,23,24). The first kappa shape index (κ1) is 14.1. The third-order valence-corrected chi connectivity index (χ3v) is 4.62. The van der Waals surface area contributed by atoms with E-state index in [1.165, 1.54) is 0 Å². The Kier molecular flexibility index (Phi) is 3.17. The summed E-state index contributed by atoms with van der Waals surface area (Å²) in [5.74, 6) is 0.882. The highest BCUT2D eigenvalue weighted by molar-refractivity contribution is 5.80. The van der Waals surface area contributed by atoms with E-state index in [1.807, 2.05) is 54.6 Å². The van der Waals surface area contributed by atoms with Crippen molar-refractivity contribution in [1.82, 2.24) is 10.2 Å². The van der Waals surface area contributed by atoms with Crippen LogP contribution in [0.5, 0.6) is 5.75 Å². The Labute approximate surface area is 145 Å². The van der Waals surface area contributed by atoms with Gasteiger partial charge in [0.15, 0.2) is 6.10 Å². The molecule has 5 rings (SSSR count). The molecular weight excluding hydrogens is 308 g/mol. The Bertz CT molecular complexity index is 1010. The van der Waals surface area contributed by atoms with Gasteiger partial charge in [-0.25, -0.2) is 0 Å². The smallest absolute Gasteiger partial charge is 0.153 e. The SMILES string of the molecule is c1ccc(-c2n[nH]c3c2C(c2ccccc2)Oc2ccccc2-3)cc1. The van der Waals surface area contributed by atoms with Crippen LogP contribution in [0.25, 0.3) is 22.5 Å². The second kappa shape index (κ2) is 5.64. The summed E-state index contributed by atoms with van der Waals surface area (Å²) in [5, 5.41) is 7.89. The Morgan fingerprint density at radius 2 is 1.44 bits per heavy atom. The maximum atomic E-state index is 6.40. The van der Waals surface area contributed by atoms with Gasteiger partial charge < -0.3 is 4.74 Å². The molecule has 0 saturated carbocycles. The van der Waals surface area contributed by atoms with Crippen molar-refractivity contribution in [3.05, 3.63) is 96.1 Å². The molecule has 0 radical (unpaired) electrons. The number of fused-ring (bicyclic) bond motifs is 3. The lowest BCUT2D eigenvalue weighted by molar-refractivity contribution is 0.244. The Morgan fingerprint density at radius 1 is 0.760 bits per heavy atom. The van der Waals surface area contributed by atoms with E-state index in [-0.39, 0.29) is 6.10 Å². The summed E-state index contributed by atoms with van der Waals surface area (Å²) >= 11 is 0. The highest BCUT2D eigenvalue weighted by atomic mass is 16.5. The van der Waals surface area contributed by atoms with Crippen LogP contribution in [0.4, 0.5) is 0 Å². The molecule has 1 aliphatic rings. The first-order chi connectivity index (χ1) is 12.4. The summed E-state index contributed by atoms with van der Waals surface area (Å²) in [6.45, 7) is 0. The summed E-state index contributed by atoms with van der Waals surface area (Å²) in [7, 11) is 0. The van der Waals surface area contributed by atoms with E-state index < -0.39 is 0 Å². The van der Waals surface area contributed by atoms with Crippen LogP contribution in [0.3, 0.4) is 0 Å². The Hall–Kier alpha value is -3.33. The molecule has 3 nitrogen and oxygen atoms in total. The second-order valence-corrected chi connectivity index (χ2v) is 6.13. The fourth-order valence-electron chi connectivity index (χ4n) is 3.45. The molecular formula is C22H16N2O. The van der Waals surface area contributed by atoms with E-state index in [0.717, 1.165) is 39.4 Å². The monoisotopic (exact) mass is 324 g/mol. The molecule has 3 aromatic carbocycles. The van der Waals surface area contributed by atoms with Crippen molar-refractivity contribution in [3.63, 3.8) is 0 Å². The molecule has 0 aliphatic carbocycles. The number of ether oxygens (including phenoxy) is 1. The number of nitrogens with zero attached hydrogens (tertiary/aromatic N) is 1. The van der Waals surface area contributed by atoms with Gasteiger partial charge in [0.2, 0.25) is 0 Å². The molecule has 1 unspecified atom stereocenters. The van der Waals surface area contributed by atoms with Crippen LogP contribution in [-0.2, 0) is 0 Å². The van der Waals surface area contributed by atoms with Crippen LogP contribution in [0, 0.1) is 0 Å². The topological polar surface area (TPSA) is 37.9 Å². The number of para-hydroxylation sites is 1. The van der Waals surface area contributed by atoms with Crippen LogP contribution in [-0.4, -0.2) is 10.2 Å². The number of aromatic nitrogens is 2. The fraction of sp³-hybridized carbons (Fsp3) is 0.0455. The predicted octanol–water partition coefficient (Wildman–Crippen LogP) is 5.23. The molecule has 0 spiro atoms.